The molecule has 0 bridgehead atoms. The first-order valence-electron chi connectivity index (χ1n) is 4.35. The normalized spacial score (nSPS) is 24.3. The molecule has 1 aliphatic rings. The summed E-state index contributed by atoms with van der Waals surface area (Å²) in [5.41, 5.74) is 0. The third kappa shape index (κ3) is 3.70. The molecule has 0 aromatic carbocycles. The minimum atomic E-state index is 0.137. The Hall–Kier alpha value is -0.120. The van der Waals surface area contributed by atoms with Crippen molar-refractivity contribution in [3.63, 3.8) is 0 Å². The molecule has 1 fully saturated rings. The molecule has 0 aromatic heterocycles. The summed E-state index contributed by atoms with van der Waals surface area (Å²) in [6.07, 6.45) is 3.66. The standard InChI is InChI=1S/C8H17NO2/c10-5-7-11-6-3-8-2-1-4-9-8/h8-10H,1-7H2. The molecule has 3 nitrogen and oxygen atoms in total. The summed E-state index contributed by atoms with van der Waals surface area (Å²) in [7, 11) is 0. The highest BCUT2D eigenvalue weighted by Gasteiger charge is 2.12. The molecule has 66 valence electrons. The minimum absolute atomic E-state index is 0.137. The van der Waals surface area contributed by atoms with Crippen LogP contribution in [0.1, 0.15) is 19.3 Å². The van der Waals surface area contributed by atoms with E-state index in [0.717, 1.165) is 19.6 Å². The maximum absolute atomic E-state index is 8.42. The lowest BCUT2D eigenvalue weighted by molar-refractivity contribution is 0.0868. The summed E-state index contributed by atoms with van der Waals surface area (Å²) in [5, 5.41) is 11.8. The molecule has 11 heavy (non-hydrogen) atoms. The maximum Gasteiger partial charge on any atom is 0.0697 e. The van der Waals surface area contributed by atoms with Crippen molar-refractivity contribution in [3.8, 4) is 0 Å². The molecule has 0 radical (unpaired) electrons. The van der Waals surface area contributed by atoms with Crippen molar-refractivity contribution in [3.05, 3.63) is 0 Å². The minimum Gasteiger partial charge on any atom is -0.394 e. The monoisotopic (exact) mass is 159 g/mol. The molecule has 1 saturated heterocycles. The van der Waals surface area contributed by atoms with Gasteiger partial charge in [-0.1, -0.05) is 0 Å². The largest absolute Gasteiger partial charge is 0.394 e. The Morgan fingerprint density at radius 2 is 2.36 bits per heavy atom. The van der Waals surface area contributed by atoms with Gasteiger partial charge in [0, 0.05) is 12.6 Å². The summed E-state index contributed by atoms with van der Waals surface area (Å²) in [4.78, 5) is 0. The van der Waals surface area contributed by atoms with Crippen LogP contribution in [0.3, 0.4) is 0 Å². The van der Waals surface area contributed by atoms with Crippen LogP contribution in [0.2, 0.25) is 0 Å². The van der Waals surface area contributed by atoms with Crippen molar-refractivity contribution in [2.75, 3.05) is 26.4 Å². The Morgan fingerprint density at radius 3 is 3.00 bits per heavy atom. The van der Waals surface area contributed by atoms with Gasteiger partial charge in [-0.15, -0.1) is 0 Å². The Kier molecular flexibility index (Phi) is 4.50. The van der Waals surface area contributed by atoms with Crippen LogP contribution in [0.25, 0.3) is 0 Å². The average molecular weight is 159 g/mol. The second-order valence-electron chi connectivity index (χ2n) is 2.92. The van der Waals surface area contributed by atoms with Crippen LogP contribution in [0.15, 0.2) is 0 Å². The fourth-order valence-corrected chi connectivity index (χ4v) is 1.40. The highest BCUT2D eigenvalue weighted by molar-refractivity contribution is 4.73. The van der Waals surface area contributed by atoms with Gasteiger partial charge in [0.15, 0.2) is 0 Å². The van der Waals surface area contributed by atoms with Gasteiger partial charge in [-0.05, 0) is 25.8 Å². The van der Waals surface area contributed by atoms with Crippen molar-refractivity contribution in [1.29, 1.82) is 0 Å². The van der Waals surface area contributed by atoms with E-state index < -0.39 is 0 Å². The first kappa shape index (κ1) is 8.97. The Labute approximate surface area is 67.7 Å². The number of aliphatic hydroxyl groups excluding tert-OH is 1. The lowest BCUT2D eigenvalue weighted by Crippen LogP contribution is -2.23. The quantitative estimate of drug-likeness (QED) is 0.561. The molecular weight excluding hydrogens is 142 g/mol. The zero-order chi connectivity index (χ0) is 7.94. The van der Waals surface area contributed by atoms with Crippen LogP contribution in [0.5, 0.6) is 0 Å². The second-order valence-corrected chi connectivity index (χ2v) is 2.92. The first-order chi connectivity index (χ1) is 5.43. The molecule has 0 aromatic rings. The van der Waals surface area contributed by atoms with Crippen LogP contribution in [-0.2, 0) is 4.74 Å². The molecule has 1 rings (SSSR count). The van der Waals surface area contributed by atoms with Crippen molar-refractivity contribution in [2.45, 2.75) is 25.3 Å². The lowest BCUT2D eigenvalue weighted by Gasteiger charge is -2.08. The van der Waals surface area contributed by atoms with E-state index in [4.69, 9.17) is 9.84 Å². The number of hydrogen-bond donors (Lipinski definition) is 2. The van der Waals surface area contributed by atoms with Gasteiger partial charge < -0.3 is 15.2 Å². The molecule has 3 heteroatoms. The molecule has 0 amide bonds. The van der Waals surface area contributed by atoms with Crippen LogP contribution in [0.4, 0.5) is 0 Å². The predicted molar refractivity (Wildman–Crippen MR) is 43.5 cm³/mol. The maximum atomic E-state index is 8.42. The van der Waals surface area contributed by atoms with E-state index in [-0.39, 0.29) is 6.61 Å². The van der Waals surface area contributed by atoms with E-state index >= 15 is 0 Å². The second kappa shape index (κ2) is 5.52. The van der Waals surface area contributed by atoms with E-state index in [2.05, 4.69) is 5.32 Å². The number of rotatable bonds is 5. The smallest absolute Gasteiger partial charge is 0.0697 e. The summed E-state index contributed by atoms with van der Waals surface area (Å²) >= 11 is 0. The van der Waals surface area contributed by atoms with Gasteiger partial charge in [0.1, 0.15) is 0 Å². The first-order valence-corrected chi connectivity index (χ1v) is 4.35. The van der Waals surface area contributed by atoms with E-state index in [1.807, 2.05) is 0 Å². The predicted octanol–water partition coefficient (Wildman–Crippen LogP) is 0.137. The molecule has 2 N–H and O–H groups in total. The molecule has 0 spiro atoms. The third-order valence-corrected chi connectivity index (χ3v) is 2.01. The average Bonchev–Trinajstić information content (AvgIpc) is 2.50. The Balaban J connectivity index is 1.86. The zero-order valence-corrected chi connectivity index (χ0v) is 6.88. The van der Waals surface area contributed by atoms with E-state index in [1.165, 1.54) is 12.8 Å². The van der Waals surface area contributed by atoms with E-state index in [0.29, 0.717) is 12.6 Å². The van der Waals surface area contributed by atoms with Crippen LogP contribution in [0, 0.1) is 0 Å². The Morgan fingerprint density at radius 1 is 1.45 bits per heavy atom. The van der Waals surface area contributed by atoms with Crippen molar-refractivity contribution >= 4 is 0 Å². The molecular formula is C8H17NO2. The fourth-order valence-electron chi connectivity index (χ4n) is 1.40. The third-order valence-electron chi connectivity index (χ3n) is 2.01. The molecule has 1 aliphatic heterocycles. The molecule has 0 aliphatic carbocycles. The summed E-state index contributed by atoms with van der Waals surface area (Å²) in [6, 6.07) is 0.661. The molecule has 0 saturated carbocycles. The summed E-state index contributed by atoms with van der Waals surface area (Å²) in [6.45, 7) is 2.55. The highest BCUT2D eigenvalue weighted by Crippen LogP contribution is 2.07. The van der Waals surface area contributed by atoms with Crippen LogP contribution in [-0.4, -0.2) is 37.5 Å². The van der Waals surface area contributed by atoms with E-state index in [9.17, 15) is 0 Å². The van der Waals surface area contributed by atoms with Crippen LogP contribution >= 0.6 is 0 Å². The summed E-state index contributed by atoms with van der Waals surface area (Å²) < 4.78 is 5.15. The van der Waals surface area contributed by atoms with Gasteiger partial charge in [-0.25, -0.2) is 0 Å². The Bertz CT molecular complexity index is 92.1. The molecule has 1 heterocycles. The van der Waals surface area contributed by atoms with Gasteiger partial charge in [0.2, 0.25) is 0 Å². The van der Waals surface area contributed by atoms with Gasteiger partial charge in [0.25, 0.3) is 0 Å². The van der Waals surface area contributed by atoms with Gasteiger partial charge in [0.05, 0.1) is 13.2 Å². The number of hydrogen-bond acceptors (Lipinski definition) is 3. The zero-order valence-electron chi connectivity index (χ0n) is 6.88. The van der Waals surface area contributed by atoms with E-state index in [1.54, 1.807) is 0 Å². The molecule has 1 atom stereocenters. The lowest BCUT2D eigenvalue weighted by atomic mass is 10.2. The van der Waals surface area contributed by atoms with Crippen LogP contribution < -0.4 is 5.32 Å². The van der Waals surface area contributed by atoms with Crippen molar-refractivity contribution in [1.82, 2.24) is 5.32 Å². The number of nitrogens with one attached hydrogen (secondary N) is 1. The topological polar surface area (TPSA) is 41.5 Å². The van der Waals surface area contributed by atoms with Crippen molar-refractivity contribution in [2.24, 2.45) is 0 Å². The van der Waals surface area contributed by atoms with Crippen molar-refractivity contribution < 1.29 is 9.84 Å². The fraction of sp³-hybridized carbons (Fsp3) is 1.00. The van der Waals surface area contributed by atoms with Gasteiger partial charge >= 0.3 is 0 Å². The number of aliphatic hydroxyl groups is 1. The number of ether oxygens (including phenoxy) is 1. The van der Waals surface area contributed by atoms with Gasteiger partial charge in [-0.2, -0.15) is 0 Å². The summed E-state index contributed by atoms with van der Waals surface area (Å²) in [5.74, 6) is 0. The highest BCUT2D eigenvalue weighted by atomic mass is 16.5. The van der Waals surface area contributed by atoms with Gasteiger partial charge in [-0.3, -0.25) is 0 Å². The molecule has 1 unspecified atom stereocenters. The SMILES string of the molecule is OCCOCCC1CCCN1.